The number of nitrogens with two attached hydrogens (primary N) is 1. The molecule has 2 saturated heterocycles. The van der Waals surface area contributed by atoms with Crippen molar-refractivity contribution in [2.24, 2.45) is 11.7 Å². The molecule has 12 nitrogen and oxygen atoms in total. The van der Waals surface area contributed by atoms with E-state index in [1.54, 1.807) is 0 Å². The van der Waals surface area contributed by atoms with Crippen LogP contribution in [-0.2, 0) is 14.7 Å². The second kappa shape index (κ2) is 6.53. The number of aromatic nitrogens is 2. The molecule has 0 radical (unpaired) electrons. The summed E-state index contributed by atoms with van der Waals surface area (Å²) in [6.07, 6.45) is 2.91. The van der Waals surface area contributed by atoms with E-state index in [0.29, 0.717) is 29.2 Å². The Morgan fingerprint density at radius 2 is 2.11 bits per heavy atom. The largest absolute Gasteiger partial charge is 0.418 e. The van der Waals surface area contributed by atoms with Crippen LogP contribution in [0.5, 0.6) is 0 Å². The van der Waals surface area contributed by atoms with Crippen LogP contribution >= 0.6 is 0 Å². The van der Waals surface area contributed by atoms with E-state index < -0.39 is 28.5 Å². The molecule has 13 heteroatoms. The Kier molecular flexibility index (Phi) is 4.43. The van der Waals surface area contributed by atoms with Crippen LogP contribution in [0.25, 0.3) is 0 Å². The maximum absolute atomic E-state index is 12.8. The van der Waals surface area contributed by atoms with Crippen molar-refractivity contribution in [1.29, 1.82) is 0 Å². The van der Waals surface area contributed by atoms with Crippen LogP contribution in [0.4, 0.5) is 4.79 Å². The number of amides is 2. The van der Waals surface area contributed by atoms with E-state index in [1.165, 1.54) is 15.8 Å². The van der Waals surface area contributed by atoms with Crippen molar-refractivity contribution in [3.8, 4) is 0 Å². The maximum atomic E-state index is 12.8. The van der Waals surface area contributed by atoms with E-state index in [0.717, 1.165) is 13.1 Å². The molecule has 2 atom stereocenters. The SMILES string of the molecule is NC[C@@H]1c2nn(C(=O)C3CCNCC3)cc2[C@@H]2CN1C(=O)N2OS(=O)(=O)O. The number of carbonyl (C=O) groups excluding carboxylic acids is 2. The Balaban J connectivity index is 1.69. The molecule has 148 valence electrons. The molecule has 4 heterocycles. The number of rotatable bonds is 4. The highest BCUT2D eigenvalue weighted by Crippen LogP contribution is 2.43. The molecule has 1 aromatic heterocycles. The van der Waals surface area contributed by atoms with Gasteiger partial charge < -0.3 is 16.0 Å². The van der Waals surface area contributed by atoms with Gasteiger partial charge in [-0.05, 0) is 25.9 Å². The van der Waals surface area contributed by atoms with Crippen molar-refractivity contribution < 1.29 is 26.8 Å². The minimum atomic E-state index is -4.89. The fourth-order valence-electron chi connectivity index (χ4n) is 3.94. The molecule has 0 spiro atoms. The molecule has 27 heavy (non-hydrogen) atoms. The maximum Gasteiger partial charge on any atom is 0.418 e. The highest BCUT2D eigenvalue weighted by atomic mass is 32.3. The van der Waals surface area contributed by atoms with Gasteiger partial charge in [-0.25, -0.2) is 9.48 Å². The zero-order valence-electron chi connectivity index (χ0n) is 14.3. The van der Waals surface area contributed by atoms with Crippen LogP contribution in [0, 0.1) is 5.92 Å². The lowest BCUT2D eigenvalue weighted by atomic mass is 9.97. The number of nitrogens with zero attached hydrogens (tertiary/aromatic N) is 4. The lowest BCUT2D eigenvalue weighted by Gasteiger charge is -2.28. The van der Waals surface area contributed by atoms with Gasteiger partial charge in [0.05, 0.1) is 18.3 Å². The van der Waals surface area contributed by atoms with Crippen LogP contribution in [-0.4, -0.2) is 70.8 Å². The smallest absolute Gasteiger partial charge is 0.328 e. The summed E-state index contributed by atoms with van der Waals surface area (Å²) >= 11 is 0. The van der Waals surface area contributed by atoms with Crippen molar-refractivity contribution in [2.75, 3.05) is 26.2 Å². The number of hydroxylamine groups is 2. The predicted octanol–water partition coefficient (Wildman–Crippen LogP) is -0.951. The second-order valence-electron chi connectivity index (χ2n) is 6.81. The highest BCUT2D eigenvalue weighted by Gasteiger charge is 2.51. The van der Waals surface area contributed by atoms with Gasteiger partial charge >= 0.3 is 16.4 Å². The monoisotopic (exact) mass is 400 g/mol. The summed E-state index contributed by atoms with van der Waals surface area (Å²) in [4.78, 5) is 26.6. The lowest BCUT2D eigenvalue weighted by Crippen LogP contribution is -2.38. The molecule has 0 aromatic carbocycles. The fraction of sp³-hybridized carbons (Fsp3) is 0.643. The number of hydrogen-bond donors (Lipinski definition) is 3. The Bertz CT molecular complexity index is 879. The fourth-order valence-corrected chi connectivity index (χ4v) is 4.31. The summed E-state index contributed by atoms with van der Waals surface area (Å²) in [5.74, 6) is -0.311. The van der Waals surface area contributed by atoms with Crippen LogP contribution in [0.3, 0.4) is 0 Å². The van der Waals surface area contributed by atoms with E-state index in [-0.39, 0.29) is 24.9 Å². The van der Waals surface area contributed by atoms with Gasteiger partial charge in [0.25, 0.3) is 0 Å². The number of piperidine rings is 1. The molecule has 0 saturated carbocycles. The summed E-state index contributed by atoms with van der Waals surface area (Å²) in [6.45, 7) is 1.67. The first kappa shape index (κ1) is 18.3. The molecule has 4 rings (SSSR count). The van der Waals surface area contributed by atoms with Crippen molar-refractivity contribution in [2.45, 2.75) is 24.9 Å². The summed E-state index contributed by atoms with van der Waals surface area (Å²) in [5, 5.41) is 8.15. The minimum absolute atomic E-state index is 0.0454. The van der Waals surface area contributed by atoms with Crippen LogP contribution < -0.4 is 11.1 Å². The second-order valence-corrected chi connectivity index (χ2v) is 7.81. The Morgan fingerprint density at radius 1 is 1.41 bits per heavy atom. The van der Waals surface area contributed by atoms with Crippen LogP contribution in [0.15, 0.2) is 6.20 Å². The minimum Gasteiger partial charge on any atom is -0.328 e. The highest BCUT2D eigenvalue weighted by molar-refractivity contribution is 7.80. The van der Waals surface area contributed by atoms with E-state index >= 15 is 0 Å². The van der Waals surface area contributed by atoms with Gasteiger partial charge in [0.2, 0.25) is 5.91 Å². The molecule has 2 bridgehead atoms. The van der Waals surface area contributed by atoms with Gasteiger partial charge in [-0.2, -0.15) is 18.6 Å². The van der Waals surface area contributed by atoms with E-state index in [2.05, 4.69) is 14.7 Å². The number of nitrogens with one attached hydrogen (secondary N) is 1. The average Bonchev–Trinajstić information content (AvgIpc) is 3.18. The Labute approximate surface area is 155 Å². The van der Waals surface area contributed by atoms with Crippen molar-refractivity contribution in [3.63, 3.8) is 0 Å². The number of fused-ring (bicyclic) bond motifs is 4. The zero-order valence-corrected chi connectivity index (χ0v) is 15.1. The molecular formula is C14H20N6O6S. The third-order valence-corrected chi connectivity index (χ3v) is 5.57. The third kappa shape index (κ3) is 3.10. The van der Waals surface area contributed by atoms with Gasteiger partial charge in [0, 0.05) is 24.2 Å². The van der Waals surface area contributed by atoms with Crippen molar-refractivity contribution in [3.05, 3.63) is 17.5 Å². The first-order chi connectivity index (χ1) is 12.8. The van der Waals surface area contributed by atoms with Gasteiger partial charge in [0.1, 0.15) is 6.04 Å². The standard InChI is InChI=1S/C14H20N6O6S/c15-5-10-12-9(6-19(17-12)13(21)8-1-3-16-4-2-8)11-7-18(10)14(22)20(11)26-27(23,24)25/h6,8,10-11,16H,1-5,7,15H2,(H,23,24,25)/t10-,11+/m1/s1. The molecule has 3 aliphatic heterocycles. The zero-order chi connectivity index (χ0) is 19.3. The average molecular weight is 400 g/mol. The summed E-state index contributed by atoms with van der Waals surface area (Å²) in [5.41, 5.74) is 6.72. The molecule has 1 aromatic rings. The summed E-state index contributed by atoms with van der Waals surface area (Å²) in [7, 11) is -4.89. The summed E-state index contributed by atoms with van der Waals surface area (Å²) < 4.78 is 36.9. The van der Waals surface area contributed by atoms with Crippen LogP contribution in [0.2, 0.25) is 0 Å². The molecule has 0 unspecified atom stereocenters. The first-order valence-electron chi connectivity index (χ1n) is 8.61. The van der Waals surface area contributed by atoms with Gasteiger partial charge in [-0.1, -0.05) is 0 Å². The topological polar surface area (TPSA) is 160 Å². The molecule has 0 aliphatic carbocycles. The number of carbonyl (C=O) groups is 2. The molecule has 4 N–H and O–H groups in total. The molecular weight excluding hydrogens is 380 g/mol. The molecule has 3 aliphatic rings. The van der Waals surface area contributed by atoms with E-state index in [4.69, 9.17) is 10.3 Å². The molecule has 2 amide bonds. The first-order valence-corrected chi connectivity index (χ1v) is 9.98. The number of hydrogen-bond acceptors (Lipinski definition) is 8. The predicted molar refractivity (Wildman–Crippen MR) is 89.6 cm³/mol. The van der Waals surface area contributed by atoms with Gasteiger partial charge in [-0.15, -0.1) is 4.28 Å². The quantitative estimate of drug-likeness (QED) is 0.541. The van der Waals surface area contributed by atoms with Crippen molar-refractivity contribution >= 4 is 22.3 Å². The van der Waals surface area contributed by atoms with Crippen molar-refractivity contribution in [1.82, 2.24) is 25.1 Å². The Morgan fingerprint density at radius 3 is 2.74 bits per heavy atom. The lowest BCUT2D eigenvalue weighted by molar-refractivity contribution is -0.0317. The molecule has 2 fully saturated rings. The number of urea groups is 1. The summed E-state index contributed by atoms with van der Waals surface area (Å²) in [6, 6.07) is -2.16. The van der Waals surface area contributed by atoms with E-state index in [9.17, 15) is 18.0 Å². The normalized spacial score (nSPS) is 25.8. The van der Waals surface area contributed by atoms with E-state index in [1.807, 2.05) is 0 Å². The van der Waals surface area contributed by atoms with Crippen LogP contribution in [0.1, 0.15) is 41.0 Å². The third-order valence-electron chi connectivity index (χ3n) is 5.22. The Hall–Kier alpha value is -2.06. The van der Waals surface area contributed by atoms with Gasteiger partial charge in [0.15, 0.2) is 0 Å². The van der Waals surface area contributed by atoms with Gasteiger partial charge in [-0.3, -0.25) is 9.35 Å².